The normalized spacial score (nSPS) is 22.6. The minimum atomic E-state index is -0.0297. The van der Waals surface area contributed by atoms with Gasteiger partial charge in [0.25, 0.3) is 0 Å². The predicted molar refractivity (Wildman–Crippen MR) is 110 cm³/mol. The Morgan fingerprint density at radius 2 is 2.21 bits per heavy atom. The summed E-state index contributed by atoms with van der Waals surface area (Å²) in [6, 6.07) is 7.90. The Morgan fingerprint density at radius 3 is 2.86 bits per heavy atom. The molecule has 1 aliphatic carbocycles. The van der Waals surface area contributed by atoms with Gasteiger partial charge in [-0.2, -0.15) is 0 Å². The van der Waals surface area contributed by atoms with E-state index in [9.17, 15) is 9.90 Å². The number of amides is 1. The second kappa shape index (κ2) is 9.89. The number of ether oxygens (including phenoxy) is 1. The van der Waals surface area contributed by atoms with Crippen LogP contribution in [0.4, 0.5) is 5.69 Å². The van der Waals surface area contributed by atoms with Crippen molar-refractivity contribution in [2.75, 3.05) is 38.7 Å². The number of guanidine groups is 1. The Balaban J connectivity index is 1.49. The number of benzene rings is 1. The fraction of sp³-hybridized carbons (Fsp3) is 0.619. The van der Waals surface area contributed by atoms with Crippen molar-refractivity contribution in [2.45, 2.75) is 38.6 Å². The molecule has 1 aromatic rings. The van der Waals surface area contributed by atoms with E-state index in [-0.39, 0.29) is 23.8 Å². The smallest absolute Gasteiger partial charge is 0.227 e. The van der Waals surface area contributed by atoms with Crippen LogP contribution in [0.2, 0.25) is 0 Å². The molecular weight excluding hydrogens is 356 g/mol. The second-order valence-electron chi connectivity index (χ2n) is 7.87. The number of hydrogen-bond acceptors (Lipinski definition) is 4. The van der Waals surface area contributed by atoms with Gasteiger partial charge in [-0.05, 0) is 43.4 Å². The maximum atomic E-state index is 12.1. The average molecular weight is 389 g/mol. The molecule has 28 heavy (non-hydrogen) atoms. The van der Waals surface area contributed by atoms with E-state index in [2.05, 4.69) is 20.9 Å². The van der Waals surface area contributed by atoms with Crippen molar-refractivity contribution in [3.8, 4) is 0 Å². The summed E-state index contributed by atoms with van der Waals surface area (Å²) < 4.78 is 5.54. The summed E-state index contributed by atoms with van der Waals surface area (Å²) in [6.45, 7) is 2.89. The third kappa shape index (κ3) is 5.45. The monoisotopic (exact) mass is 388 g/mol. The van der Waals surface area contributed by atoms with Crippen molar-refractivity contribution in [2.24, 2.45) is 16.3 Å². The first-order valence-corrected chi connectivity index (χ1v) is 10.2. The standard InChI is InChI=1S/C21H32N4O3/c1-22-20(24-14-21(8-10-26)9-11-28-15-21)23-13-16-4-2-7-18(12-16)25-19(27)17-5-3-6-17/h2,4,7,12,17,26H,3,5-6,8-11,13-15H2,1H3,(H,25,27)(H2,22,23,24). The van der Waals surface area contributed by atoms with Gasteiger partial charge in [0.15, 0.2) is 5.96 Å². The number of rotatable bonds is 8. The molecule has 7 nitrogen and oxygen atoms in total. The molecule has 0 spiro atoms. The van der Waals surface area contributed by atoms with Crippen molar-refractivity contribution in [3.05, 3.63) is 29.8 Å². The first kappa shape index (κ1) is 20.6. The molecule has 1 heterocycles. The van der Waals surface area contributed by atoms with Crippen molar-refractivity contribution < 1.29 is 14.6 Å². The molecule has 0 radical (unpaired) electrons. The lowest BCUT2D eigenvalue weighted by atomic mass is 9.84. The van der Waals surface area contributed by atoms with Gasteiger partial charge in [0, 0.05) is 50.4 Å². The maximum Gasteiger partial charge on any atom is 0.227 e. The fourth-order valence-corrected chi connectivity index (χ4v) is 3.66. The molecule has 4 N–H and O–H groups in total. The van der Waals surface area contributed by atoms with Gasteiger partial charge in [-0.15, -0.1) is 0 Å². The maximum absolute atomic E-state index is 12.1. The van der Waals surface area contributed by atoms with Gasteiger partial charge in [0.1, 0.15) is 0 Å². The number of aliphatic imine (C=N–C) groups is 1. The quantitative estimate of drug-likeness (QED) is 0.403. The summed E-state index contributed by atoms with van der Waals surface area (Å²) in [5, 5.41) is 19.0. The van der Waals surface area contributed by atoms with Crippen LogP contribution < -0.4 is 16.0 Å². The van der Waals surface area contributed by atoms with Gasteiger partial charge in [0.2, 0.25) is 5.91 Å². The summed E-state index contributed by atoms with van der Waals surface area (Å²) in [4.78, 5) is 16.4. The highest BCUT2D eigenvalue weighted by molar-refractivity contribution is 5.93. The van der Waals surface area contributed by atoms with Crippen LogP contribution in [0.1, 0.15) is 37.7 Å². The van der Waals surface area contributed by atoms with Crippen LogP contribution in [0.5, 0.6) is 0 Å². The highest BCUT2D eigenvalue weighted by atomic mass is 16.5. The molecule has 0 aromatic heterocycles. The minimum Gasteiger partial charge on any atom is -0.396 e. The summed E-state index contributed by atoms with van der Waals surface area (Å²) in [7, 11) is 1.74. The lowest BCUT2D eigenvalue weighted by Crippen LogP contribution is -2.44. The number of anilines is 1. The highest BCUT2D eigenvalue weighted by Gasteiger charge is 2.34. The Bertz CT molecular complexity index is 682. The molecule has 1 saturated heterocycles. The van der Waals surface area contributed by atoms with Crippen molar-refractivity contribution in [1.82, 2.24) is 10.6 Å². The topological polar surface area (TPSA) is 95.0 Å². The van der Waals surface area contributed by atoms with Crippen molar-refractivity contribution >= 4 is 17.6 Å². The Morgan fingerprint density at radius 1 is 1.36 bits per heavy atom. The van der Waals surface area contributed by atoms with Crippen molar-refractivity contribution in [3.63, 3.8) is 0 Å². The first-order valence-electron chi connectivity index (χ1n) is 10.2. The number of aliphatic hydroxyl groups excluding tert-OH is 1. The van der Waals surface area contributed by atoms with Crippen LogP contribution in [-0.2, 0) is 16.1 Å². The Labute approximate surface area is 167 Å². The molecule has 1 aliphatic heterocycles. The molecule has 1 amide bonds. The van der Waals surface area contributed by atoms with Crippen LogP contribution in [0.25, 0.3) is 0 Å². The van der Waals surface area contributed by atoms with Crippen molar-refractivity contribution in [1.29, 1.82) is 0 Å². The molecule has 154 valence electrons. The van der Waals surface area contributed by atoms with Gasteiger partial charge >= 0.3 is 0 Å². The summed E-state index contributed by atoms with van der Waals surface area (Å²) in [6.07, 6.45) is 4.82. The molecule has 0 bridgehead atoms. The van der Waals surface area contributed by atoms with E-state index in [4.69, 9.17) is 4.74 Å². The molecule has 2 fully saturated rings. The number of aliphatic hydroxyl groups is 1. The zero-order valence-electron chi connectivity index (χ0n) is 16.7. The molecule has 2 aliphatic rings. The van der Waals surface area contributed by atoms with Gasteiger partial charge in [-0.25, -0.2) is 0 Å². The van der Waals surface area contributed by atoms with E-state index in [1.54, 1.807) is 7.05 Å². The third-order valence-corrected chi connectivity index (χ3v) is 5.81. The SMILES string of the molecule is CN=C(NCc1cccc(NC(=O)C2CCC2)c1)NCC1(CCO)CCOC1. The fourth-order valence-electron chi connectivity index (χ4n) is 3.66. The van der Waals surface area contributed by atoms with Crippen LogP contribution in [0.15, 0.2) is 29.3 Å². The van der Waals surface area contributed by atoms with E-state index >= 15 is 0 Å². The van der Waals surface area contributed by atoms with Crippen LogP contribution in [0.3, 0.4) is 0 Å². The molecule has 3 rings (SSSR count). The zero-order valence-corrected chi connectivity index (χ0v) is 16.7. The molecular formula is C21H32N4O3. The third-order valence-electron chi connectivity index (χ3n) is 5.81. The largest absolute Gasteiger partial charge is 0.396 e. The molecule has 7 heteroatoms. The van der Waals surface area contributed by atoms with Crippen LogP contribution in [-0.4, -0.2) is 50.4 Å². The summed E-state index contributed by atoms with van der Waals surface area (Å²) >= 11 is 0. The number of carbonyl (C=O) groups excluding carboxylic acids is 1. The van der Waals surface area contributed by atoms with Gasteiger partial charge in [0.05, 0.1) is 6.61 Å². The van der Waals surface area contributed by atoms with Gasteiger partial charge in [-0.3, -0.25) is 9.79 Å². The second-order valence-corrected chi connectivity index (χ2v) is 7.87. The van der Waals surface area contributed by atoms with E-state index in [0.717, 1.165) is 50.0 Å². The average Bonchev–Trinajstić information content (AvgIpc) is 3.10. The zero-order chi connectivity index (χ0) is 19.8. The summed E-state index contributed by atoms with van der Waals surface area (Å²) in [5.41, 5.74) is 1.88. The molecule has 1 aromatic carbocycles. The molecule has 1 saturated carbocycles. The lowest BCUT2D eigenvalue weighted by molar-refractivity contribution is -0.122. The Hall–Kier alpha value is -2.12. The van der Waals surface area contributed by atoms with E-state index < -0.39 is 0 Å². The first-order chi connectivity index (χ1) is 13.6. The number of hydrogen-bond donors (Lipinski definition) is 4. The summed E-state index contributed by atoms with van der Waals surface area (Å²) in [5.74, 6) is 1.02. The van der Waals surface area contributed by atoms with Gasteiger partial charge in [-0.1, -0.05) is 18.6 Å². The number of carbonyl (C=O) groups is 1. The van der Waals surface area contributed by atoms with Crippen LogP contribution in [0, 0.1) is 11.3 Å². The van der Waals surface area contributed by atoms with Crippen LogP contribution >= 0.6 is 0 Å². The number of nitrogens with zero attached hydrogens (tertiary/aromatic N) is 1. The van der Waals surface area contributed by atoms with E-state index in [1.807, 2.05) is 24.3 Å². The van der Waals surface area contributed by atoms with E-state index in [0.29, 0.717) is 25.7 Å². The lowest BCUT2D eigenvalue weighted by Gasteiger charge is -2.27. The van der Waals surface area contributed by atoms with E-state index in [1.165, 1.54) is 0 Å². The highest BCUT2D eigenvalue weighted by Crippen LogP contribution is 2.31. The number of nitrogens with one attached hydrogen (secondary N) is 3. The van der Waals surface area contributed by atoms with Gasteiger partial charge < -0.3 is 25.8 Å². The minimum absolute atomic E-state index is 0.0297. The molecule has 1 unspecified atom stereocenters. The molecule has 1 atom stereocenters. The predicted octanol–water partition coefficient (Wildman–Crippen LogP) is 1.88. The Kier molecular flexibility index (Phi) is 7.28.